The molecule has 0 aliphatic rings. The Bertz CT molecular complexity index is 61.9. The van der Waals surface area contributed by atoms with Crippen LogP contribution < -0.4 is 11.1 Å². The third kappa shape index (κ3) is 5.80. The normalized spacial score (nSPS) is 14.3. The van der Waals surface area contributed by atoms with Gasteiger partial charge in [-0.05, 0) is 12.3 Å². The van der Waals surface area contributed by atoms with Crippen molar-refractivity contribution in [2.45, 2.75) is 33.4 Å². The van der Waals surface area contributed by atoms with Gasteiger partial charge in [-0.1, -0.05) is 20.8 Å². The third-order valence-corrected chi connectivity index (χ3v) is 1.08. The van der Waals surface area contributed by atoms with Crippen LogP contribution in [-0.2, 0) is 0 Å². The van der Waals surface area contributed by atoms with Crippen LogP contribution in [0.3, 0.4) is 0 Å². The highest BCUT2D eigenvalue weighted by Gasteiger charge is 1.98. The lowest BCUT2D eigenvalue weighted by atomic mass is 10.2. The number of nitrogens with one attached hydrogen (secondary N) is 1. The lowest BCUT2D eigenvalue weighted by Gasteiger charge is -2.11. The van der Waals surface area contributed by atoms with Gasteiger partial charge < -0.3 is 5.73 Å². The van der Waals surface area contributed by atoms with Gasteiger partial charge in [0.1, 0.15) is 0 Å². The Balaban J connectivity index is 3.06. The first-order valence-electron chi connectivity index (χ1n) is 3.51. The van der Waals surface area contributed by atoms with Gasteiger partial charge in [0.15, 0.2) is 0 Å². The van der Waals surface area contributed by atoms with Crippen molar-refractivity contribution >= 4 is 0 Å². The highest BCUT2D eigenvalue weighted by molar-refractivity contribution is 4.68. The molecule has 55 valence electrons. The zero-order valence-electron chi connectivity index (χ0n) is 6.52. The first kappa shape index (κ1) is 8.92. The molecule has 1 unspecified atom stereocenters. The molecule has 2 heteroatoms. The van der Waals surface area contributed by atoms with Crippen molar-refractivity contribution in [3.05, 3.63) is 6.54 Å². The van der Waals surface area contributed by atoms with Gasteiger partial charge in [0, 0.05) is 6.54 Å². The molecule has 0 heterocycles. The van der Waals surface area contributed by atoms with E-state index in [2.05, 4.69) is 26.1 Å². The highest BCUT2D eigenvalue weighted by atomic mass is 15.0. The van der Waals surface area contributed by atoms with Crippen molar-refractivity contribution in [3.8, 4) is 0 Å². The second-order valence-electron chi connectivity index (χ2n) is 2.59. The Morgan fingerprint density at radius 2 is 2.11 bits per heavy atom. The molecule has 0 rings (SSSR count). The summed E-state index contributed by atoms with van der Waals surface area (Å²) in [6.07, 6.45) is 1.11. The SMILES string of the molecule is CCC(N)N[CH]C(C)C. The van der Waals surface area contributed by atoms with Crippen molar-refractivity contribution in [2.24, 2.45) is 11.7 Å². The monoisotopic (exact) mass is 129 g/mol. The number of hydrogen-bond donors (Lipinski definition) is 2. The van der Waals surface area contributed by atoms with E-state index in [-0.39, 0.29) is 6.17 Å². The summed E-state index contributed by atoms with van der Waals surface area (Å²) in [5.41, 5.74) is 5.58. The molecular weight excluding hydrogens is 112 g/mol. The summed E-state index contributed by atoms with van der Waals surface area (Å²) in [5, 5.41) is 3.08. The summed E-state index contributed by atoms with van der Waals surface area (Å²) in [6.45, 7) is 8.32. The molecule has 0 spiro atoms. The van der Waals surface area contributed by atoms with Crippen molar-refractivity contribution in [1.29, 1.82) is 0 Å². The predicted molar refractivity (Wildman–Crippen MR) is 40.5 cm³/mol. The van der Waals surface area contributed by atoms with Crippen molar-refractivity contribution in [3.63, 3.8) is 0 Å². The lowest BCUT2D eigenvalue weighted by Crippen LogP contribution is -2.35. The van der Waals surface area contributed by atoms with Crippen molar-refractivity contribution < 1.29 is 0 Å². The summed E-state index contributed by atoms with van der Waals surface area (Å²) < 4.78 is 0. The van der Waals surface area contributed by atoms with Crippen LogP contribution in [0.1, 0.15) is 27.2 Å². The molecule has 0 aliphatic carbocycles. The maximum Gasteiger partial charge on any atom is 0.0546 e. The van der Waals surface area contributed by atoms with Crippen LogP contribution in [0.4, 0.5) is 0 Å². The molecular formula is C7H17N2. The number of rotatable bonds is 4. The van der Waals surface area contributed by atoms with Gasteiger partial charge in [-0.15, -0.1) is 0 Å². The summed E-state index contributed by atoms with van der Waals surface area (Å²) in [7, 11) is 0. The molecule has 1 radical (unpaired) electrons. The van der Waals surface area contributed by atoms with E-state index in [0.717, 1.165) is 6.42 Å². The van der Waals surface area contributed by atoms with Gasteiger partial charge in [0.05, 0.1) is 6.17 Å². The maximum absolute atomic E-state index is 5.58. The largest absolute Gasteiger partial charge is 0.316 e. The van der Waals surface area contributed by atoms with Gasteiger partial charge in [-0.25, -0.2) is 0 Å². The highest BCUT2D eigenvalue weighted by Crippen LogP contribution is 1.94. The molecule has 3 N–H and O–H groups in total. The quantitative estimate of drug-likeness (QED) is 0.558. The first-order valence-corrected chi connectivity index (χ1v) is 3.51. The van der Waals surface area contributed by atoms with Crippen molar-refractivity contribution in [2.75, 3.05) is 0 Å². The fourth-order valence-corrected chi connectivity index (χ4v) is 0.434. The zero-order valence-corrected chi connectivity index (χ0v) is 6.52. The van der Waals surface area contributed by atoms with Gasteiger partial charge >= 0.3 is 0 Å². The molecule has 0 bridgehead atoms. The Morgan fingerprint density at radius 1 is 1.56 bits per heavy atom. The molecule has 0 fully saturated rings. The third-order valence-electron chi connectivity index (χ3n) is 1.08. The smallest absolute Gasteiger partial charge is 0.0546 e. The van der Waals surface area contributed by atoms with Crippen LogP contribution in [-0.4, -0.2) is 6.17 Å². The maximum atomic E-state index is 5.58. The standard InChI is InChI=1S/C7H17N2/c1-4-7(8)9-5-6(2)3/h5-7,9H,4,8H2,1-3H3. The molecule has 9 heavy (non-hydrogen) atoms. The molecule has 0 aliphatic heterocycles. The van der Waals surface area contributed by atoms with Gasteiger partial charge in [0.2, 0.25) is 0 Å². The van der Waals surface area contributed by atoms with E-state index >= 15 is 0 Å². The Morgan fingerprint density at radius 3 is 2.44 bits per heavy atom. The number of hydrogen-bond acceptors (Lipinski definition) is 2. The minimum Gasteiger partial charge on any atom is -0.316 e. The van der Waals surface area contributed by atoms with Gasteiger partial charge in [-0.3, -0.25) is 5.32 Å². The van der Waals surface area contributed by atoms with E-state index in [1.54, 1.807) is 0 Å². The van der Waals surface area contributed by atoms with E-state index in [4.69, 9.17) is 5.73 Å². The fourth-order valence-electron chi connectivity index (χ4n) is 0.434. The second-order valence-corrected chi connectivity index (χ2v) is 2.59. The van der Waals surface area contributed by atoms with Crippen LogP contribution in [0, 0.1) is 12.5 Å². The van der Waals surface area contributed by atoms with E-state index in [1.165, 1.54) is 0 Å². The fraction of sp³-hybridized carbons (Fsp3) is 0.857. The summed E-state index contributed by atoms with van der Waals surface area (Å²) >= 11 is 0. The average Bonchev–Trinajstić information content (AvgIpc) is 1.83. The first-order chi connectivity index (χ1) is 4.16. The Hall–Kier alpha value is -0.0800. The molecule has 1 atom stereocenters. The molecule has 2 nitrogen and oxygen atoms in total. The van der Waals surface area contributed by atoms with Crippen LogP contribution in [0.5, 0.6) is 0 Å². The minimum atomic E-state index is 0.132. The Kier molecular flexibility index (Phi) is 4.72. The van der Waals surface area contributed by atoms with Crippen LogP contribution >= 0.6 is 0 Å². The summed E-state index contributed by atoms with van der Waals surface area (Å²) in [6, 6.07) is 0. The van der Waals surface area contributed by atoms with E-state index in [9.17, 15) is 0 Å². The van der Waals surface area contributed by atoms with Crippen LogP contribution in [0.2, 0.25) is 0 Å². The molecule has 0 aromatic carbocycles. The molecule has 0 saturated heterocycles. The van der Waals surface area contributed by atoms with E-state index in [1.807, 2.05) is 6.54 Å². The van der Waals surface area contributed by atoms with Crippen LogP contribution in [0.15, 0.2) is 0 Å². The average molecular weight is 129 g/mol. The van der Waals surface area contributed by atoms with Crippen molar-refractivity contribution in [1.82, 2.24) is 5.32 Å². The Labute approximate surface area is 57.8 Å². The lowest BCUT2D eigenvalue weighted by molar-refractivity contribution is 0.520. The van der Waals surface area contributed by atoms with Crippen LogP contribution in [0.25, 0.3) is 0 Å². The molecule has 0 aromatic heterocycles. The summed E-state index contributed by atoms with van der Waals surface area (Å²) in [5.74, 6) is 0.572. The second kappa shape index (κ2) is 4.77. The van der Waals surface area contributed by atoms with Gasteiger partial charge in [-0.2, -0.15) is 0 Å². The molecule has 0 amide bonds. The topological polar surface area (TPSA) is 38.0 Å². The minimum absolute atomic E-state index is 0.132. The molecule has 0 aromatic rings. The molecule has 0 saturated carbocycles. The van der Waals surface area contributed by atoms with E-state index < -0.39 is 0 Å². The predicted octanol–water partition coefficient (Wildman–Crippen LogP) is 1.09. The number of nitrogens with two attached hydrogens (primary N) is 1. The van der Waals surface area contributed by atoms with E-state index in [0.29, 0.717) is 5.92 Å². The zero-order chi connectivity index (χ0) is 7.28. The van der Waals surface area contributed by atoms with Gasteiger partial charge in [0.25, 0.3) is 0 Å². The summed E-state index contributed by atoms with van der Waals surface area (Å²) in [4.78, 5) is 0.